The number of fused-ring (bicyclic) bond motifs is 1. The summed E-state index contributed by atoms with van der Waals surface area (Å²) in [7, 11) is 1.90. The van der Waals surface area contributed by atoms with E-state index < -0.39 is 0 Å². The van der Waals surface area contributed by atoms with Crippen LogP contribution in [0.25, 0.3) is 0 Å². The van der Waals surface area contributed by atoms with Crippen LogP contribution in [0.3, 0.4) is 0 Å². The topological polar surface area (TPSA) is 38.1 Å². The van der Waals surface area contributed by atoms with Crippen LogP contribution in [0, 0.1) is 0 Å². The molecule has 1 aliphatic rings. The summed E-state index contributed by atoms with van der Waals surface area (Å²) in [4.78, 5) is 0. The van der Waals surface area contributed by atoms with Crippen molar-refractivity contribution in [2.45, 2.75) is 18.8 Å². The first-order chi connectivity index (χ1) is 7.88. The average molecular weight is 214 g/mol. The Labute approximate surface area is 94.5 Å². The lowest BCUT2D eigenvalue weighted by Crippen LogP contribution is -2.02. The third-order valence-corrected chi connectivity index (χ3v) is 3.30. The molecule has 0 saturated carbocycles. The number of nitrogens with zero attached hydrogens (tertiary/aromatic N) is 1. The van der Waals surface area contributed by atoms with E-state index >= 15 is 0 Å². The van der Waals surface area contributed by atoms with Crippen molar-refractivity contribution in [3.63, 3.8) is 0 Å². The van der Waals surface area contributed by atoms with Gasteiger partial charge in [-0.1, -0.05) is 29.4 Å². The van der Waals surface area contributed by atoms with E-state index in [1.54, 1.807) is 6.26 Å². The van der Waals surface area contributed by atoms with Crippen molar-refractivity contribution in [3.8, 4) is 0 Å². The fourth-order valence-corrected chi connectivity index (χ4v) is 2.48. The molecule has 1 heterocycles. The molecule has 3 rings (SSSR count). The maximum absolute atomic E-state index is 5.04. The molecular weight excluding hydrogens is 200 g/mol. The molecule has 82 valence electrons. The number of nitrogens with one attached hydrogen (secondary N) is 1. The van der Waals surface area contributed by atoms with E-state index in [1.807, 2.05) is 7.05 Å². The van der Waals surface area contributed by atoms with Crippen LogP contribution in [0.2, 0.25) is 0 Å². The van der Waals surface area contributed by atoms with E-state index in [1.165, 1.54) is 11.1 Å². The summed E-state index contributed by atoms with van der Waals surface area (Å²) in [6.07, 6.45) is 3.81. The molecule has 0 amide bonds. The second-order valence-electron chi connectivity index (χ2n) is 4.24. The van der Waals surface area contributed by atoms with Crippen LogP contribution < -0.4 is 5.32 Å². The zero-order valence-corrected chi connectivity index (χ0v) is 9.23. The van der Waals surface area contributed by atoms with Crippen LogP contribution in [0.1, 0.15) is 22.7 Å². The molecule has 0 unspecified atom stereocenters. The monoisotopic (exact) mass is 214 g/mol. The van der Waals surface area contributed by atoms with E-state index in [0.717, 1.165) is 24.2 Å². The Morgan fingerprint density at radius 3 is 2.56 bits per heavy atom. The number of rotatable bonds is 2. The van der Waals surface area contributed by atoms with Gasteiger partial charge in [-0.3, -0.25) is 0 Å². The van der Waals surface area contributed by atoms with Gasteiger partial charge < -0.3 is 9.84 Å². The van der Waals surface area contributed by atoms with Crippen molar-refractivity contribution in [1.82, 2.24) is 5.16 Å². The maximum Gasteiger partial charge on any atom is 0.147 e. The van der Waals surface area contributed by atoms with Gasteiger partial charge in [0, 0.05) is 13.0 Å². The molecule has 2 aromatic rings. The van der Waals surface area contributed by atoms with E-state index in [9.17, 15) is 0 Å². The van der Waals surface area contributed by atoms with Crippen LogP contribution in [0.5, 0.6) is 0 Å². The Morgan fingerprint density at radius 2 is 1.94 bits per heavy atom. The molecule has 0 bridgehead atoms. The third-order valence-electron chi connectivity index (χ3n) is 3.30. The summed E-state index contributed by atoms with van der Waals surface area (Å²) >= 11 is 0. The van der Waals surface area contributed by atoms with Gasteiger partial charge in [-0.05, 0) is 24.0 Å². The average Bonchev–Trinajstić information content (AvgIpc) is 2.94. The van der Waals surface area contributed by atoms with Crippen LogP contribution in [-0.2, 0) is 12.8 Å². The van der Waals surface area contributed by atoms with Crippen molar-refractivity contribution in [3.05, 3.63) is 47.3 Å². The number of hydrogen-bond acceptors (Lipinski definition) is 3. The molecular formula is C13H14N2O. The molecule has 1 aromatic heterocycles. The molecule has 1 aliphatic carbocycles. The first-order valence-electron chi connectivity index (χ1n) is 5.57. The van der Waals surface area contributed by atoms with Gasteiger partial charge >= 0.3 is 0 Å². The normalized spacial score (nSPS) is 15.1. The van der Waals surface area contributed by atoms with Crippen molar-refractivity contribution < 1.29 is 4.52 Å². The summed E-state index contributed by atoms with van der Waals surface area (Å²) in [5.74, 6) is 0.457. The predicted molar refractivity (Wildman–Crippen MR) is 62.6 cm³/mol. The van der Waals surface area contributed by atoms with Gasteiger partial charge in [-0.2, -0.15) is 0 Å². The third kappa shape index (κ3) is 1.40. The molecule has 1 N–H and O–H groups in total. The first-order valence-corrected chi connectivity index (χ1v) is 5.57. The van der Waals surface area contributed by atoms with Gasteiger partial charge in [0.1, 0.15) is 12.0 Å². The number of benzene rings is 1. The predicted octanol–water partition coefficient (Wildman–Crippen LogP) is 2.60. The summed E-state index contributed by atoms with van der Waals surface area (Å²) in [5.41, 5.74) is 4.95. The summed E-state index contributed by atoms with van der Waals surface area (Å²) in [6.45, 7) is 0. The fourth-order valence-electron chi connectivity index (χ4n) is 2.48. The minimum absolute atomic E-state index is 0.457. The lowest BCUT2D eigenvalue weighted by molar-refractivity contribution is 0.405. The van der Waals surface area contributed by atoms with E-state index in [0.29, 0.717) is 5.92 Å². The molecule has 0 atom stereocenters. The van der Waals surface area contributed by atoms with Gasteiger partial charge in [-0.25, -0.2) is 0 Å². The molecule has 3 nitrogen and oxygen atoms in total. The quantitative estimate of drug-likeness (QED) is 0.835. The first kappa shape index (κ1) is 9.46. The molecule has 1 aromatic carbocycles. The molecule has 0 spiro atoms. The van der Waals surface area contributed by atoms with Crippen molar-refractivity contribution in [2.24, 2.45) is 0 Å². The smallest absolute Gasteiger partial charge is 0.147 e. The highest BCUT2D eigenvalue weighted by atomic mass is 16.5. The van der Waals surface area contributed by atoms with Crippen molar-refractivity contribution in [1.29, 1.82) is 0 Å². The molecule has 3 heteroatoms. The van der Waals surface area contributed by atoms with E-state index in [2.05, 4.69) is 34.7 Å². The van der Waals surface area contributed by atoms with Crippen LogP contribution >= 0.6 is 0 Å². The highest BCUT2D eigenvalue weighted by Crippen LogP contribution is 2.35. The van der Waals surface area contributed by atoms with E-state index in [4.69, 9.17) is 4.52 Å². The Bertz CT molecular complexity index is 479. The second-order valence-corrected chi connectivity index (χ2v) is 4.24. The lowest BCUT2D eigenvalue weighted by atomic mass is 10.0. The summed E-state index contributed by atoms with van der Waals surface area (Å²) in [6, 6.07) is 8.61. The highest BCUT2D eigenvalue weighted by molar-refractivity contribution is 5.49. The molecule has 0 fully saturated rings. The van der Waals surface area contributed by atoms with Crippen molar-refractivity contribution in [2.75, 3.05) is 12.4 Å². The van der Waals surface area contributed by atoms with Gasteiger partial charge in [-0.15, -0.1) is 0 Å². The standard InChI is InChI=1S/C13H14N2O/c1-14-12-8-16-15-13(12)11-6-9-4-2-3-5-10(9)7-11/h2-5,8,11,14H,6-7H2,1H3. The van der Waals surface area contributed by atoms with Crippen LogP contribution in [0.4, 0.5) is 5.69 Å². The van der Waals surface area contributed by atoms with Gasteiger partial charge in [0.2, 0.25) is 0 Å². The molecule has 0 aliphatic heterocycles. The second kappa shape index (κ2) is 3.67. The van der Waals surface area contributed by atoms with Gasteiger partial charge in [0.15, 0.2) is 0 Å². The summed E-state index contributed by atoms with van der Waals surface area (Å²) in [5, 5.41) is 7.24. The van der Waals surface area contributed by atoms with Crippen LogP contribution in [-0.4, -0.2) is 12.2 Å². The largest absolute Gasteiger partial charge is 0.384 e. The number of aromatic nitrogens is 1. The van der Waals surface area contributed by atoms with Crippen LogP contribution in [0.15, 0.2) is 35.1 Å². The Balaban J connectivity index is 1.91. The molecule has 0 radical (unpaired) electrons. The molecule has 0 saturated heterocycles. The Hall–Kier alpha value is -1.77. The minimum atomic E-state index is 0.457. The molecule has 16 heavy (non-hydrogen) atoms. The van der Waals surface area contributed by atoms with Gasteiger partial charge in [0.25, 0.3) is 0 Å². The minimum Gasteiger partial charge on any atom is -0.384 e. The fraction of sp³-hybridized carbons (Fsp3) is 0.308. The Morgan fingerprint density at radius 1 is 1.25 bits per heavy atom. The van der Waals surface area contributed by atoms with Crippen molar-refractivity contribution >= 4 is 5.69 Å². The maximum atomic E-state index is 5.04. The lowest BCUT2D eigenvalue weighted by Gasteiger charge is -2.06. The van der Waals surface area contributed by atoms with Gasteiger partial charge in [0.05, 0.1) is 5.69 Å². The zero-order valence-electron chi connectivity index (χ0n) is 9.23. The number of anilines is 1. The number of hydrogen-bond donors (Lipinski definition) is 1. The SMILES string of the molecule is CNc1conc1C1Cc2ccccc2C1. The Kier molecular flexibility index (Phi) is 2.17. The zero-order chi connectivity index (χ0) is 11.0. The highest BCUT2D eigenvalue weighted by Gasteiger charge is 2.26. The van der Waals surface area contributed by atoms with E-state index in [-0.39, 0.29) is 0 Å². The summed E-state index contributed by atoms with van der Waals surface area (Å²) < 4.78 is 5.04.